The van der Waals surface area contributed by atoms with E-state index in [-0.39, 0.29) is 12.1 Å². The van der Waals surface area contributed by atoms with E-state index in [1.54, 1.807) is 0 Å². The van der Waals surface area contributed by atoms with Crippen LogP contribution in [0.25, 0.3) is 0 Å². The van der Waals surface area contributed by atoms with E-state index in [1.165, 1.54) is 24.0 Å². The molecule has 5 fully saturated rings. The number of carbonyl (C=O) groups is 1. The minimum atomic E-state index is -0.421. The summed E-state index contributed by atoms with van der Waals surface area (Å²) in [6.45, 7) is 1.70. The summed E-state index contributed by atoms with van der Waals surface area (Å²) in [4.78, 5) is 17.6. The fourth-order valence-electron chi connectivity index (χ4n) is 7.22. The quantitative estimate of drug-likeness (QED) is 0.855. The molecule has 4 aliphatic carbocycles. The van der Waals surface area contributed by atoms with Gasteiger partial charge in [0.1, 0.15) is 0 Å². The van der Waals surface area contributed by atoms with Crippen molar-refractivity contribution in [2.24, 2.45) is 17.8 Å². The molecule has 0 radical (unpaired) electrons. The number of urea groups is 1. The van der Waals surface area contributed by atoms with E-state index in [0.717, 1.165) is 38.8 Å². The predicted octanol–water partition coefficient (Wildman–Crippen LogP) is 2.96. The molecule has 1 saturated heterocycles. The molecule has 25 heavy (non-hydrogen) atoms. The molecule has 2 unspecified atom stereocenters. The molecular formula is C21H26N2O2. The van der Waals surface area contributed by atoms with E-state index in [9.17, 15) is 9.90 Å². The number of fused-ring (bicyclic) bond motifs is 3. The topological polar surface area (TPSA) is 43.8 Å². The van der Waals surface area contributed by atoms with Crippen LogP contribution in [0.15, 0.2) is 24.3 Å². The molecule has 7 rings (SSSR count). The van der Waals surface area contributed by atoms with Crippen molar-refractivity contribution in [3.63, 3.8) is 0 Å². The molecule has 6 atom stereocenters. The molecular weight excluding hydrogens is 312 g/mol. The Kier molecular flexibility index (Phi) is 2.80. The van der Waals surface area contributed by atoms with Crippen LogP contribution in [-0.4, -0.2) is 45.7 Å². The van der Waals surface area contributed by atoms with E-state index >= 15 is 0 Å². The average Bonchev–Trinajstić information content (AvgIpc) is 2.90. The molecule has 4 heteroatoms. The van der Waals surface area contributed by atoms with Gasteiger partial charge in [0.2, 0.25) is 0 Å². The molecule has 1 N–H and O–H groups in total. The number of aliphatic hydroxyl groups is 1. The Bertz CT molecular complexity index is 731. The Labute approximate surface area is 148 Å². The molecule has 2 aliphatic heterocycles. The monoisotopic (exact) mass is 338 g/mol. The summed E-state index contributed by atoms with van der Waals surface area (Å²) in [7, 11) is 0. The first-order valence-electron chi connectivity index (χ1n) is 9.99. The average molecular weight is 338 g/mol. The largest absolute Gasteiger partial charge is 0.390 e. The van der Waals surface area contributed by atoms with Crippen LogP contribution in [0.3, 0.4) is 0 Å². The third-order valence-corrected chi connectivity index (χ3v) is 7.82. The lowest BCUT2D eigenvalue weighted by molar-refractivity contribution is -0.152. The van der Waals surface area contributed by atoms with E-state index in [1.807, 2.05) is 0 Å². The van der Waals surface area contributed by atoms with E-state index in [4.69, 9.17) is 0 Å². The number of nitrogens with zero attached hydrogens (tertiary/aromatic N) is 2. The van der Waals surface area contributed by atoms with Gasteiger partial charge in [0.25, 0.3) is 0 Å². The summed E-state index contributed by atoms with van der Waals surface area (Å²) in [5, 5.41) is 10.9. The van der Waals surface area contributed by atoms with Crippen LogP contribution in [0.1, 0.15) is 49.3 Å². The lowest BCUT2D eigenvalue weighted by atomic mass is 9.52. The molecule has 4 saturated carbocycles. The zero-order valence-corrected chi connectivity index (χ0v) is 14.6. The second-order valence-corrected chi connectivity index (χ2v) is 9.28. The van der Waals surface area contributed by atoms with Gasteiger partial charge in [0.15, 0.2) is 0 Å². The van der Waals surface area contributed by atoms with Crippen LogP contribution >= 0.6 is 0 Å². The molecule has 4 nitrogen and oxygen atoms in total. The Morgan fingerprint density at radius 2 is 1.80 bits per heavy atom. The number of rotatable bonds is 1. The standard InChI is InChI=1S/C21H26N2O2/c24-20-22-6-5-14-3-1-2-4-17(14)18(22)12-23(20)19-15-7-13-8-16(19)11-21(25,9-13)10-15/h1-4,13,15-16,18-19,25H,5-12H2/t13?,15-,16+,18?,19+,21+. The normalized spacial score (nSPS) is 44.2. The van der Waals surface area contributed by atoms with E-state index in [2.05, 4.69) is 34.1 Å². The molecule has 6 aliphatic rings. The first-order valence-corrected chi connectivity index (χ1v) is 9.99. The van der Waals surface area contributed by atoms with Crippen LogP contribution in [-0.2, 0) is 6.42 Å². The van der Waals surface area contributed by atoms with Gasteiger partial charge in [0, 0.05) is 19.1 Å². The Morgan fingerprint density at radius 3 is 2.56 bits per heavy atom. The van der Waals surface area contributed by atoms with Gasteiger partial charge in [-0.25, -0.2) is 4.79 Å². The van der Waals surface area contributed by atoms with Gasteiger partial charge in [-0.15, -0.1) is 0 Å². The second kappa shape index (κ2) is 4.79. The summed E-state index contributed by atoms with van der Waals surface area (Å²) < 4.78 is 0. The maximum Gasteiger partial charge on any atom is 0.320 e. The molecule has 1 aromatic rings. The van der Waals surface area contributed by atoms with Gasteiger partial charge in [0.05, 0.1) is 11.6 Å². The zero-order chi connectivity index (χ0) is 16.8. The Morgan fingerprint density at radius 1 is 1.04 bits per heavy atom. The van der Waals surface area contributed by atoms with Crippen LogP contribution < -0.4 is 0 Å². The van der Waals surface area contributed by atoms with Gasteiger partial charge >= 0.3 is 6.03 Å². The predicted molar refractivity (Wildman–Crippen MR) is 94.0 cm³/mol. The van der Waals surface area contributed by atoms with Gasteiger partial charge in [-0.1, -0.05) is 24.3 Å². The molecule has 0 spiro atoms. The highest BCUT2D eigenvalue weighted by atomic mass is 16.3. The number of amides is 2. The van der Waals surface area contributed by atoms with Crippen molar-refractivity contribution in [1.29, 1.82) is 0 Å². The van der Waals surface area contributed by atoms with Crippen molar-refractivity contribution in [3.8, 4) is 0 Å². The fraction of sp³-hybridized carbons (Fsp3) is 0.667. The number of carbonyl (C=O) groups excluding carboxylic acids is 1. The smallest absolute Gasteiger partial charge is 0.320 e. The van der Waals surface area contributed by atoms with Crippen LogP contribution in [0.2, 0.25) is 0 Å². The number of hydrogen-bond donors (Lipinski definition) is 1. The zero-order valence-electron chi connectivity index (χ0n) is 14.6. The molecule has 2 amide bonds. The lowest BCUT2D eigenvalue weighted by Gasteiger charge is -2.59. The highest BCUT2D eigenvalue weighted by molar-refractivity contribution is 5.78. The third-order valence-electron chi connectivity index (χ3n) is 7.82. The summed E-state index contributed by atoms with van der Waals surface area (Å²) in [6.07, 6.45) is 6.24. The SMILES string of the molecule is O=C1N2CCc3ccccc3C2CN1[C@H]1[C@@H]2CC3C[C@H]1C[C@](O)(C3)C2. The van der Waals surface area contributed by atoms with Crippen LogP contribution in [0.5, 0.6) is 0 Å². The van der Waals surface area contributed by atoms with Crippen molar-refractivity contribution in [2.45, 2.75) is 56.2 Å². The van der Waals surface area contributed by atoms with Crippen molar-refractivity contribution in [2.75, 3.05) is 13.1 Å². The molecule has 1 aromatic carbocycles. The van der Waals surface area contributed by atoms with E-state index < -0.39 is 5.60 Å². The second-order valence-electron chi connectivity index (χ2n) is 9.28. The van der Waals surface area contributed by atoms with Gasteiger partial charge in [-0.2, -0.15) is 0 Å². The Hall–Kier alpha value is -1.55. The first kappa shape index (κ1) is 14.6. The van der Waals surface area contributed by atoms with Crippen molar-refractivity contribution >= 4 is 6.03 Å². The minimum absolute atomic E-state index is 0.234. The minimum Gasteiger partial charge on any atom is -0.390 e. The highest BCUT2D eigenvalue weighted by Gasteiger charge is 2.58. The maximum atomic E-state index is 13.2. The summed E-state index contributed by atoms with van der Waals surface area (Å²) >= 11 is 0. The van der Waals surface area contributed by atoms with Gasteiger partial charge in [-0.05, 0) is 67.4 Å². The Balaban J connectivity index is 1.33. The summed E-state index contributed by atoms with van der Waals surface area (Å²) in [6, 6.07) is 9.50. The van der Waals surface area contributed by atoms with Gasteiger partial charge < -0.3 is 14.9 Å². The van der Waals surface area contributed by atoms with Crippen LogP contribution in [0.4, 0.5) is 4.79 Å². The van der Waals surface area contributed by atoms with E-state index in [0.29, 0.717) is 23.8 Å². The molecule has 0 aromatic heterocycles. The highest BCUT2D eigenvalue weighted by Crippen LogP contribution is 2.57. The summed E-state index contributed by atoms with van der Waals surface area (Å²) in [5.74, 6) is 1.72. The number of benzene rings is 1. The van der Waals surface area contributed by atoms with Crippen molar-refractivity contribution in [3.05, 3.63) is 35.4 Å². The van der Waals surface area contributed by atoms with Crippen molar-refractivity contribution in [1.82, 2.24) is 9.80 Å². The number of hydrogen-bond acceptors (Lipinski definition) is 2. The summed E-state index contributed by atoms with van der Waals surface area (Å²) in [5.41, 5.74) is 2.35. The maximum absolute atomic E-state index is 13.2. The molecule has 4 bridgehead atoms. The third kappa shape index (κ3) is 1.95. The lowest BCUT2D eigenvalue weighted by Crippen LogP contribution is -2.62. The molecule has 2 heterocycles. The van der Waals surface area contributed by atoms with Gasteiger partial charge in [-0.3, -0.25) is 0 Å². The fourth-order valence-corrected chi connectivity index (χ4v) is 7.22. The molecule has 132 valence electrons. The van der Waals surface area contributed by atoms with Crippen molar-refractivity contribution < 1.29 is 9.90 Å². The van der Waals surface area contributed by atoms with Crippen LogP contribution in [0, 0.1) is 17.8 Å². The first-order chi connectivity index (χ1) is 12.1.